The van der Waals surface area contributed by atoms with Gasteiger partial charge >= 0.3 is 0 Å². The van der Waals surface area contributed by atoms with Crippen molar-refractivity contribution in [2.24, 2.45) is 10.3 Å². The van der Waals surface area contributed by atoms with Crippen LogP contribution < -0.4 is 38.7 Å². The van der Waals surface area contributed by atoms with Crippen molar-refractivity contribution in [3.05, 3.63) is 167 Å². The van der Waals surface area contributed by atoms with Gasteiger partial charge in [0, 0.05) is 73.2 Å². The number of para-hydroxylation sites is 2. The molecule has 0 aliphatic heterocycles. The summed E-state index contributed by atoms with van der Waals surface area (Å²) < 4.78 is 141. The number of aryl methyl sites for hydroxylation is 6. The van der Waals surface area contributed by atoms with Gasteiger partial charge in [0.15, 0.2) is 11.5 Å². The molecule has 10 rings (SSSR count). The number of nitrogens with two attached hydrogens (primary N) is 2. The van der Waals surface area contributed by atoms with Crippen LogP contribution in [0.1, 0.15) is 164 Å². The summed E-state index contributed by atoms with van der Waals surface area (Å²) in [4.78, 5) is 34.1. The minimum atomic E-state index is -3.98. The topological polar surface area (TPSA) is 440 Å². The van der Waals surface area contributed by atoms with Gasteiger partial charge < -0.3 is 27.8 Å². The maximum Gasteiger partial charge on any atom is 0.243 e. The highest BCUT2D eigenvalue weighted by atomic mass is 32.2. The lowest BCUT2D eigenvalue weighted by atomic mass is 10.1. The van der Waals surface area contributed by atoms with Gasteiger partial charge in [0.1, 0.15) is 69.2 Å². The van der Waals surface area contributed by atoms with Crippen molar-refractivity contribution in [1.82, 2.24) is 69.4 Å². The van der Waals surface area contributed by atoms with Crippen LogP contribution in [0.3, 0.4) is 0 Å². The number of hydrogen-bond donors (Lipinski definition) is 4. The average molecular weight is 1540 g/mol. The van der Waals surface area contributed by atoms with Crippen molar-refractivity contribution in [2.45, 2.75) is 167 Å². The second-order valence-corrected chi connectivity index (χ2v) is 32.8. The number of benzene rings is 2. The first-order chi connectivity index (χ1) is 50.1. The van der Waals surface area contributed by atoms with E-state index in [1.165, 1.54) is 37.6 Å². The van der Waals surface area contributed by atoms with E-state index in [1.54, 1.807) is 179 Å². The Morgan fingerprint density at radius 3 is 0.840 bits per heavy atom. The van der Waals surface area contributed by atoms with Crippen LogP contribution in [-0.2, 0) is 65.8 Å². The Hall–Kier alpha value is -9.88. The lowest BCUT2D eigenvalue weighted by Crippen LogP contribution is -2.31. The number of nitrogens with one attached hydrogen (secondary N) is 2. The molecule has 0 unspecified atom stereocenters. The molecule has 2 aromatic carbocycles. The van der Waals surface area contributed by atoms with Crippen molar-refractivity contribution < 1.29 is 61.5 Å². The van der Waals surface area contributed by atoms with Gasteiger partial charge in [0.25, 0.3) is 0 Å². The molecule has 8 aromatic heterocycles. The van der Waals surface area contributed by atoms with Crippen molar-refractivity contribution in [3.8, 4) is 57.5 Å². The maximum atomic E-state index is 13.5. The van der Waals surface area contributed by atoms with Crippen LogP contribution >= 0.6 is 0 Å². The van der Waals surface area contributed by atoms with E-state index >= 15 is 0 Å². The number of rotatable bonds is 28. The number of furan rings is 2. The Balaban J connectivity index is 0.000000212. The van der Waals surface area contributed by atoms with Gasteiger partial charge in [-0.1, -0.05) is 67.5 Å². The highest BCUT2D eigenvalue weighted by Gasteiger charge is 2.36. The normalized spacial score (nSPS) is 14.0. The molecule has 0 aliphatic carbocycles. The van der Waals surface area contributed by atoms with E-state index in [0.717, 1.165) is 47.9 Å². The molecule has 106 heavy (non-hydrogen) atoms. The van der Waals surface area contributed by atoms with Crippen molar-refractivity contribution in [3.63, 3.8) is 0 Å². The standard InChI is InChI=1S/2C25H30N6O5S.2C10H17N3O2S/c2*1-7-18-13-26-23(27-14-18)16(3)17(4)37(32,33)30-25-29-28-24(21-12-11-15(2)36-21)31(25)22-19(34-5)9-8-10-20(22)35-6;2*1-4-9-5-12-10(13-6-9)7(2)8(3)16(11,14)15/h2*8-14,16-17H,7H2,1-6H3,(H,29,30);2*5-8H,4H2,1-3H3,(H2,11,14,15)/t2*16-,17-;2*7-,8-/m1010/s1. The van der Waals surface area contributed by atoms with Crippen LogP contribution in [0.15, 0.2) is 119 Å². The molecule has 10 aromatic rings. The predicted molar refractivity (Wildman–Crippen MR) is 402 cm³/mol. The summed E-state index contributed by atoms with van der Waals surface area (Å²) in [5.74, 6) is 4.58. The minimum absolute atomic E-state index is 0.0480. The van der Waals surface area contributed by atoms with Gasteiger partial charge in [-0.2, -0.15) is 0 Å². The molecule has 0 aliphatic rings. The van der Waals surface area contributed by atoms with Crippen molar-refractivity contribution in [1.29, 1.82) is 0 Å². The Kier molecular flexibility index (Phi) is 28.6. The summed E-state index contributed by atoms with van der Waals surface area (Å²) in [7, 11) is -9.00. The number of sulfonamides is 4. The summed E-state index contributed by atoms with van der Waals surface area (Å²) >= 11 is 0. The molecule has 0 bridgehead atoms. The van der Waals surface area contributed by atoms with Gasteiger partial charge in [-0.05, 0) is 138 Å². The highest BCUT2D eigenvalue weighted by Crippen LogP contribution is 2.41. The minimum Gasteiger partial charge on any atom is -0.494 e. The average Bonchev–Trinajstić information content (AvgIpc) is 1.54. The number of hydrogen-bond acceptors (Lipinski definition) is 26. The molecule has 0 saturated carbocycles. The lowest BCUT2D eigenvalue weighted by Gasteiger charge is -2.21. The number of ether oxygens (including phenoxy) is 4. The van der Waals surface area contributed by atoms with E-state index < -0.39 is 72.9 Å². The molecule has 8 atom stereocenters. The predicted octanol–water partition coefficient (Wildman–Crippen LogP) is 9.92. The summed E-state index contributed by atoms with van der Waals surface area (Å²) in [5, 5.41) is 23.9. The second-order valence-electron chi connectivity index (χ2n) is 24.9. The molecule has 0 fully saturated rings. The molecule has 8 heterocycles. The molecular weight excluding hydrogens is 1450 g/mol. The molecular formula is C70H94N18O14S4. The Labute approximate surface area is 619 Å². The van der Waals surface area contributed by atoms with E-state index in [0.29, 0.717) is 80.7 Å². The van der Waals surface area contributed by atoms with Crippen LogP contribution in [0.25, 0.3) is 34.5 Å². The fourth-order valence-electron chi connectivity index (χ4n) is 10.2. The fraction of sp³-hybridized carbons (Fsp3) is 0.429. The van der Waals surface area contributed by atoms with Gasteiger partial charge in [0.2, 0.25) is 63.6 Å². The summed E-state index contributed by atoms with van der Waals surface area (Å²) in [5.41, 5.74) is 4.84. The third-order valence-corrected chi connectivity index (χ3v) is 24.6. The SMILES string of the molecule is CCc1cnc([C@@H](C)[C@H](C)S(=O)(=O)Nc2nnc(-c3ccc(C)o3)n2-c2c(OC)cccc2OC)nc1.CCc1cnc([C@@H](C)[C@H](C)S(N)(=O)=O)nc1.CCc1cnc([C@H](C)[C@@H](C)S(=O)(=O)Nc2nnc(-c3ccc(C)o3)n2-c2c(OC)cccc2OC)nc1.CCc1cnc([C@H](C)[C@@H](C)S(N)(=O)=O)nc1. The lowest BCUT2D eigenvalue weighted by molar-refractivity contribution is 0.391. The highest BCUT2D eigenvalue weighted by molar-refractivity contribution is 7.93. The zero-order valence-electron chi connectivity index (χ0n) is 62.6. The number of primary sulfonamides is 2. The summed E-state index contributed by atoms with van der Waals surface area (Å²) in [6, 6.07) is 17.5. The molecule has 0 amide bonds. The summed E-state index contributed by atoms with van der Waals surface area (Å²) in [6.45, 7) is 25.0. The van der Waals surface area contributed by atoms with E-state index in [-0.39, 0.29) is 35.4 Å². The molecule has 32 nitrogen and oxygen atoms in total. The van der Waals surface area contributed by atoms with Crippen LogP contribution in [0.2, 0.25) is 0 Å². The number of methoxy groups -OCH3 is 4. The van der Waals surface area contributed by atoms with Gasteiger partial charge in [-0.3, -0.25) is 18.6 Å². The maximum absolute atomic E-state index is 13.5. The van der Waals surface area contributed by atoms with Crippen LogP contribution in [-0.4, -0.2) is 153 Å². The number of aromatic nitrogens is 14. The van der Waals surface area contributed by atoms with Gasteiger partial charge in [-0.25, -0.2) is 83.8 Å². The van der Waals surface area contributed by atoms with Crippen LogP contribution in [0.4, 0.5) is 11.9 Å². The van der Waals surface area contributed by atoms with E-state index in [9.17, 15) is 33.7 Å². The molecule has 0 spiro atoms. The Morgan fingerprint density at radius 2 is 0.632 bits per heavy atom. The molecule has 0 saturated heterocycles. The molecule has 0 radical (unpaired) electrons. The molecule has 6 N–H and O–H groups in total. The van der Waals surface area contributed by atoms with Gasteiger partial charge in [0.05, 0.1) is 49.4 Å². The zero-order valence-corrected chi connectivity index (χ0v) is 65.9. The van der Waals surface area contributed by atoms with E-state index in [1.807, 2.05) is 27.7 Å². The van der Waals surface area contributed by atoms with Crippen molar-refractivity contribution in [2.75, 3.05) is 37.9 Å². The van der Waals surface area contributed by atoms with Gasteiger partial charge in [-0.15, -0.1) is 20.4 Å². The summed E-state index contributed by atoms with van der Waals surface area (Å²) in [6.07, 6.45) is 17.0. The van der Waals surface area contributed by atoms with Crippen molar-refractivity contribution >= 4 is 52.0 Å². The smallest absolute Gasteiger partial charge is 0.243 e. The third kappa shape index (κ3) is 20.4. The van der Waals surface area contributed by atoms with E-state index in [2.05, 4.69) is 69.7 Å². The fourth-order valence-corrected chi connectivity index (χ4v) is 14.0. The number of anilines is 2. The van der Waals surface area contributed by atoms with Crippen LogP contribution in [0, 0.1) is 13.8 Å². The van der Waals surface area contributed by atoms with E-state index in [4.69, 9.17) is 38.1 Å². The second kappa shape index (κ2) is 36.4. The molecule has 36 heteroatoms. The monoisotopic (exact) mass is 1540 g/mol. The largest absolute Gasteiger partial charge is 0.494 e. The zero-order chi connectivity index (χ0) is 78.2. The first kappa shape index (κ1) is 83.4. The Bertz CT molecular complexity index is 4650. The first-order valence-corrected chi connectivity index (χ1v) is 40.2. The quantitative estimate of drug-likeness (QED) is 0.0354. The Morgan fingerprint density at radius 1 is 0.387 bits per heavy atom. The first-order valence-electron chi connectivity index (χ1n) is 33.9. The number of nitrogens with zero attached hydrogens (tertiary/aromatic N) is 14. The third-order valence-electron chi connectivity index (χ3n) is 18.0. The molecule has 572 valence electrons. The van der Waals surface area contributed by atoms with Crippen LogP contribution in [0.5, 0.6) is 23.0 Å².